The molecule has 4 rings (SSSR count). The summed E-state index contributed by atoms with van der Waals surface area (Å²) in [6.07, 6.45) is 7.95. The summed E-state index contributed by atoms with van der Waals surface area (Å²) >= 11 is 0. The number of nitrogens with zero attached hydrogens (tertiary/aromatic N) is 3. The summed E-state index contributed by atoms with van der Waals surface area (Å²) in [6, 6.07) is 11.4. The molecular weight excluding hydrogens is 492 g/mol. The standard InChI is InChI=1S/C30H42N6O3/c1-4-39-29(37)16-22(3)34-23-8-10-24(11-9-23)35-28-17-25(21(2)18-32-28)26-6-5-7-27(36-26)33-20-30(19-31)12-14-38-15-13-30/h5-7,17-18,22-24,34H,4,8-16,20H2,1-3H3,(H,32,35)(H,33,36)/t22-,23?,24?/m1/s1. The number of hydrogen-bond acceptors (Lipinski definition) is 9. The molecule has 2 aliphatic rings. The van der Waals surface area contributed by atoms with Gasteiger partial charge in [-0.05, 0) is 83.1 Å². The van der Waals surface area contributed by atoms with Gasteiger partial charge >= 0.3 is 5.97 Å². The van der Waals surface area contributed by atoms with Crippen LogP contribution in [0.15, 0.2) is 30.5 Å². The summed E-state index contributed by atoms with van der Waals surface area (Å²) in [5.41, 5.74) is 2.57. The lowest BCUT2D eigenvalue weighted by atomic mass is 9.82. The van der Waals surface area contributed by atoms with Crippen molar-refractivity contribution in [3.05, 3.63) is 36.0 Å². The van der Waals surface area contributed by atoms with E-state index in [4.69, 9.17) is 14.5 Å². The first-order valence-corrected chi connectivity index (χ1v) is 14.2. The first-order chi connectivity index (χ1) is 18.9. The lowest BCUT2D eigenvalue weighted by Gasteiger charge is -2.32. The fraction of sp³-hybridized carbons (Fsp3) is 0.600. The number of esters is 1. The molecule has 2 fully saturated rings. The van der Waals surface area contributed by atoms with E-state index in [-0.39, 0.29) is 12.0 Å². The summed E-state index contributed by atoms with van der Waals surface area (Å²) < 4.78 is 10.5. The molecule has 1 saturated heterocycles. The van der Waals surface area contributed by atoms with E-state index in [0.717, 1.165) is 67.0 Å². The molecule has 1 saturated carbocycles. The summed E-state index contributed by atoms with van der Waals surface area (Å²) in [5.74, 6) is 1.48. The van der Waals surface area contributed by atoms with Gasteiger partial charge in [-0.2, -0.15) is 5.26 Å². The number of nitrogens with one attached hydrogen (secondary N) is 3. The Balaban J connectivity index is 1.33. The molecule has 0 spiro atoms. The highest BCUT2D eigenvalue weighted by Crippen LogP contribution is 2.31. The average molecular weight is 535 g/mol. The zero-order valence-corrected chi connectivity index (χ0v) is 23.5. The highest BCUT2D eigenvalue weighted by atomic mass is 16.5. The summed E-state index contributed by atoms with van der Waals surface area (Å²) in [4.78, 5) is 21.3. The Hall–Kier alpha value is -3.22. The Morgan fingerprint density at radius 2 is 1.95 bits per heavy atom. The fourth-order valence-electron chi connectivity index (χ4n) is 5.46. The molecule has 9 heteroatoms. The van der Waals surface area contributed by atoms with Crippen molar-refractivity contribution in [2.75, 3.05) is 37.0 Å². The number of pyridine rings is 2. The third-order valence-corrected chi connectivity index (χ3v) is 7.80. The van der Waals surface area contributed by atoms with E-state index in [1.807, 2.05) is 38.2 Å². The average Bonchev–Trinajstić information content (AvgIpc) is 2.95. The van der Waals surface area contributed by atoms with E-state index in [0.29, 0.717) is 44.9 Å². The molecule has 0 aromatic carbocycles. The molecule has 39 heavy (non-hydrogen) atoms. The van der Waals surface area contributed by atoms with Gasteiger partial charge in [0.25, 0.3) is 0 Å². The zero-order chi connectivity index (χ0) is 27.7. The minimum Gasteiger partial charge on any atom is -0.466 e. The fourth-order valence-corrected chi connectivity index (χ4v) is 5.46. The van der Waals surface area contributed by atoms with Crippen LogP contribution in [0.25, 0.3) is 11.3 Å². The molecule has 0 radical (unpaired) electrons. The van der Waals surface area contributed by atoms with E-state index in [9.17, 15) is 10.1 Å². The van der Waals surface area contributed by atoms with Crippen molar-refractivity contribution in [2.45, 2.75) is 83.8 Å². The van der Waals surface area contributed by atoms with Crippen LogP contribution < -0.4 is 16.0 Å². The van der Waals surface area contributed by atoms with E-state index < -0.39 is 5.41 Å². The first-order valence-electron chi connectivity index (χ1n) is 14.2. The number of aryl methyl sites for hydroxylation is 1. The number of hydrogen-bond donors (Lipinski definition) is 3. The number of nitriles is 1. The van der Waals surface area contributed by atoms with Crippen molar-refractivity contribution in [3.63, 3.8) is 0 Å². The number of ether oxygens (including phenoxy) is 2. The zero-order valence-electron chi connectivity index (χ0n) is 23.5. The smallest absolute Gasteiger partial charge is 0.307 e. The minimum absolute atomic E-state index is 0.111. The van der Waals surface area contributed by atoms with Crippen LogP contribution >= 0.6 is 0 Å². The maximum Gasteiger partial charge on any atom is 0.307 e. The van der Waals surface area contributed by atoms with Crippen molar-refractivity contribution < 1.29 is 14.3 Å². The molecule has 3 heterocycles. The Bertz CT molecular complexity index is 1140. The van der Waals surface area contributed by atoms with Gasteiger partial charge in [0.2, 0.25) is 0 Å². The second-order valence-electron chi connectivity index (χ2n) is 10.9. The number of anilines is 2. The van der Waals surface area contributed by atoms with Crippen LogP contribution in [0.1, 0.15) is 64.4 Å². The molecule has 2 aromatic rings. The molecular formula is C30H42N6O3. The third-order valence-electron chi connectivity index (χ3n) is 7.80. The number of aromatic nitrogens is 2. The SMILES string of the molecule is CCOC(=O)C[C@@H](C)NC1CCC(Nc2cc(-c3cccc(NCC4(C#N)CCOCC4)n3)c(C)cn2)CC1. The highest BCUT2D eigenvalue weighted by molar-refractivity contribution is 5.70. The largest absolute Gasteiger partial charge is 0.466 e. The Morgan fingerprint density at radius 3 is 2.67 bits per heavy atom. The summed E-state index contributed by atoms with van der Waals surface area (Å²) in [7, 11) is 0. The van der Waals surface area contributed by atoms with Gasteiger partial charge in [0, 0.05) is 49.6 Å². The van der Waals surface area contributed by atoms with Crippen molar-refractivity contribution in [1.29, 1.82) is 5.26 Å². The van der Waals surface area contributed by atoms with Crippen LogP contribution in [0.4, 0.5) is 11.6 Å². The molecule has 1 aliphatic carbocycles. The van der Waals surface area contributed by atoms with E-state index in [1.54, 1.807) is 0 Å². The predicted octanol–water partition coefficient (Wildman–Crippen LogP) is 4.84. The molecule has 0 bridgehead atoms. The van der Waals surface area contributed by atoms with Gasteiger partial charge in [0.1, 0.15) is 11.6 Å². The first kappa shape index (κ1) is 28.8. The molecule has 1 atom stereocenters. The van der Waals surface area contributed by atoms with Gasteiger partial charge in [-0.3, -0.25) is 4.79 Å². The second kappa shape index (κ2) is 13.7. The van der Waals surface area contributed by atoms with Crippen LogP contribution in [0.2, 0.25) is 0 Å². The van der Waals surface area contributed by atoms with Gasteiger partial charge in [0.05, 0.1) is 30.2 Å². The van der Waals surface area contributed by atoms with E-state index >= 15 is 0 Å². The predicted molar refractivity (Wildman–Crippen MR) is 152 cm³/mol. The van der Waals surface area contributed by atoms with Crippen LogP contribution in [0.3, 0.4) is 0 Å². The topological polar surface area (TPSA) is 121 Å². The lowest BCUT2D eigenvalue weighted by Crippen LogP contribution is -2.42. The van der Waals surface area contributed by atoms with Crippen LogP contribution in [-0.4, -0.2) is 60.4 Å². The molecule has 1 aliphatic heterocycles. The van der Waals surface area contributed by atoms with Gasteiger partial charge in [0.15, 0.2) is 0 Å². The molecule has 2 aromatic heterocycles. The van der Waals surface area contributed by atoms with Crippen LogP contribution in [0.5, 0.6) is 0 Å². The highest BCUT2D eigenvalue weighted by Gasteiger charge is 2.32. The quantitative estimate of drug-likeness (QED) is 0.348. The van der Waals surface area contributed by atoms with Crippen LogP contribution in [-0.2, 0) is 14.3 Å². The monoisotopic (exact) mass is 534 g/mol. The molecule has 0 unspecified atom stereocenters. The van der Waals surface area contributed by atoms with Crippen molar-refractivity contribution in [1.82, 2.24) is 15.3 Å². The normalized spacial score (nSPS) is 21.4. The molecule has 9 nitrogen and oxygen atoms in total. The second-order valence-corrected chi connectivity index (χ2v) is 10.9. The van der Waals surface area contributed by atoms with Gasteiger partial charge in [-0.25, -0.2) is 9.97 Å². The number of carbonyl (C=O) groups excluding carboxylic acids is 1. The van der Waals surface area contributed by atoms with Crippen LogP contribution in [0, 0.1) is 23.7 Å². The lowest BCUT2D eigenvalue weighted by molar-refractivity contribution is -0.143. The van der Waals surface area contributed by atoms with Gasteiger partial charge < -0.3 is 25.4 Å². The summed E-state index contributed by atoms with van der Waals surface area (Å²) in [6.45, 7) is 8.17. The molecule has 0 amide bonds. The number of rotatable bonds is 11. The molecule has 3 N–H and O–H groups in total. The Morgan fingerprint density at radius 1 is 1.21 bits per heavy atom. The van der Waals surface area contributed by atoms with Crippen molar-refractivity contribution in [3.8, 4) is 17.3 Å². The molecule has 210 valence electrons. The van der Waals surface area contributed by atoms with Gasteiger partial charge in [-0.1, -0.05) is 6.07 Å². The van der Waals surface area contributed by atoms with E-state index in [2.05, 4.69) is 40.0 Å². The minimum atomic E-state index is -0.410. The summed E-state index contributed by atoms with van der Waals surface area (Å²) in [5, 5.41) is 20.4. The van der Waals surface area contributed by atoms with Gasteiger partial charge in [-0.15, -0.1) is 0 Å². The van der Waals surface area contributed by atoms with Crippen molar-refractivity contribution in [2.24, 2.45) is 5.41 Å². The van der Waals surface area contributed by atoms with E-state index in [1.165, 1.54) is 0 Å². The third kappa shape index (κ3) is 8.13. The maximum atomic E-state index is 11.7. The Kier molecular flexibility index (Phi) is 10.1. The number of carbonyl (C=O) groups is 1. The Labute approximate surface area is 232 Å². The maximum absolute atomic E-state index is 11.7. The van der Waals surface area contributed by atoms with Crippen molar-refractivity contribution >= 4 is 17.6 Å².